The minimum Gasteiger partial charge on any atom is -0.333 e. The lowest BCUT2D eigenvalue weighted by Crippen LogP contribution is -2.48. The number of amides is 2. The van der Waals surface area contributed by atoms with Crippen LogP contribution in [0.2, 0.25) is 0 Å². The molecule has 0 radical (unpaired) electrons. The van der Waals surface area contributed by atoms with Crippen molar-refractivity contribution in [3.05, 3.63) is 59.9 Å². The van der Waals surface area contributed by atoms with Gasteiger partial charge in [0.05, 0.1) is 29.4 Å². The van der Waals surface area contributed by atoms with Crippen molar-refractivity contribution in [3.8, 4) is 17.2 Å². The predicted octanol–water partition coefficient (Wildman–Crippen LogP) is 3.98. The van der Waals surface area contributed by atoms with Gasteiger partial charge < -0.3 is 10.6 Å². The Kier molecular flexibility index (Phi) is 4.87. The number of nitriles is 1. The fourth-order valence-electron chi connectivity index (χ4n) is 4.44. The molecule has 1 aliphatic carbocycles. The van der Waals surface area contributed by atoms with Gasteiger partial charge in [0, 0.05) is 23.2 Å². The maximum Gasteiger partial charge on any atom is 0.315 e. The highest BCUT2D eigenvalue weighted by atomic mass is 16.2. The van der Waals surface area contributed by atoms with Gasteiger partial charge in [-0.3, -0.25) is 4.98 Å². The van der Waals surface area contributed by atoms with Crippen LogP contribution >= 0.6 is 0 Å². The molecule has 4 rings (SSSR count). The number of aromatic nitrogens is 1. The van der Waals surface area contributed by atoms with Gasteiger partial charge in [0.15, 0.2) is 0 Å². The first kappa shape index (κ1) is 18.2. The summed E-state index contributed by atoms with van der Waals surface area (Å²) in [6.45, 7) is 4.52. The Hall–Kier alpha value is -3.13. The first-order valence-electron chi connectivity index (χ1n) is 9.77. The molecule has 2 aliphatic rings. The molecule has 1 aromatic heterocycles. The fraction of sp³-hybridized carbons (Fsp3) is 0.348. The number of hydrogen-bond donors (Lipinski definition) is 2. The molecule has 0 spiro atoms. The van der Waals surface area contributed by atoms with Crippen molar-refractivity contribution < 1.29 is 4.79 Å². The lowest BCUT2D eigenvalue weighted by atomic mass is 9.69. The topological polar surface area (TPSA) is 77.8 Å². The number of urea groups is 1. The van der Waals surface area contributed by atoms with Gasteiger partial charge in [-0.25, -0.2) is 4.79 Å². The van der Waals surface area contributed by atoms with Gasteiger partial charge in [-0.1, -0.05) is 44.2 Å². The third-order valence-corrected chi connectivity index (χ3v) is 6.23. The second-order valence-electron chi connectivity index (χ2n) is 7.89. The number of rotatable bonds is 3. The van der Waals surface area contributed by atoms with E-state index >= 15 is 0 Å². The molecule has 2 N–H and O–H groups in total. The molecule has 142 valence electrons. The Morgan fingerprint density at radius 1 is 1.18 bits per heavy atom. The third-order valence-electron chi connectivity index (χ3n) is 6.23. The van der Waals surface area contributed by atoms with E-state index in [1.807, 2.05) is 48.7 Å². The second-order valence-corrected chi connectivity index (χ2v) is 7.89. The van der Waals surface area contributed by atoms with Crippen LogP contribution in [0.25, 0.3) is 17.2 Å². The van der Waals surface area contributed by atoms with E-state index in [1.165, 1.54) is 0 Å². The monoisotopic (exact) mass is 372 g/mol. The summed E-state index contributed by atoms with van der Waals surface area (Å²) >= 11 is 0. The third kappa shape index (κ3) is 3.38. The number of hydrogen-bond acceptors (Lipinski definition) is 3. The van der Waals surface area contributed by atoms with E-state index in [1.54, 1.807) is 0 Å². The molecule has 1 aliphatic heterocycles. The Labute approximate surface area is 165 Å². The van der Waals surface area contributed by atoms with E-state index < -0.39 is 0 Å². The van der Waals surface area contributed by atoms with Gasteiger partial charge in [-0.2, -0.15) is 5.26 Å². The van der Waals surface area contributed by atoms with E-state index in [0.717, 1.165) is 23.2 Å². The number of nitrogens with zero attached hydrogens (tertiary/aromatic N) is 2. The number of carbonyl (C=O) groups is 1. The molecule has 2 aromatic rings. The van der Waals surface area contributed by atoms with E-state index in [2.05, 4.69) is 41.6 Å². The summed E-state index contributed by atoms with van der Waals surface area (Å²) in [5.74, 6) is 1.31. The maximum absolute atomic E-state index is 11.8. The van der Waals surface area contributed by atoms with Crippen molar-refractivity contribution in [3.63, 3.8) is 0 Å². The first-order valence-corrected chi connectivity index (χ1v) is 9.77. The second kappa shape index (κ2) is 7.47. The zero-order valence-corrected chi connectivity index (χ0v) is 16.1. The summed E-state index contributed by atoms with van der Waals surface area (Å²) < 4.78 is 0. The normalized spacial score (nSPS) is 29.0. The molecule has 2 heterocycles. The molecule has 2 amide bonds. The molecule has 28 heavy (non-hydrogen) atoms. The first-order chi connectivity index (χ1) is 13.6. The molecular formula is C23H24N4O. The van der Waals surface area contributed by atoms with Crippen LogP contribution in [-0.2, 0) is 0 Å². The number of carbonyl (C=O) groups excluding carboxylic acids is 1. The highest BCUT2D eigenvalue weighted by Gasteiger charge is 2.44. The average molecular weight is 372 g/mol. The summed E-state index contributed by atoms with van der Waals surface area (Å²) in [6.07, 6.45) is 7.06. The number of fused-ring (bicyclic) bond motifs is 1. The van der Waals surface area contributed by atoms with Crippen LogP contribution in [0.1, 0.15) is 31.5 Å². The fourth-order valence-corrected chi connectivity index (χ4v) is 4.44. The number of nitrogens with one attached hydrogen (secondary N) is 2. The summed E-state index contributed by atoms with van der Waals surface area (Å²) in [6, 6.07) is 14.0. The smallest absolute Gasteiger partial charge is 0.315 e. The van der Waals surface area contributed by atoms with Crippen LogP contribution in [0.15, 0.2) is 48.7 Å². The van der Waals surface area contributed by atoms with Crippen LogP contribution < -0.4 is 10.6 Å². The zero-order chi connectivity index (χ0) is 19.7. The molecule has 5 heteroatoms. The summed E-state index contributed by atoms with van der Waals surface area (Å²) in [7, 11) is 0. The Morgan fingerprint density at radius 2 is 2.00 bits per heavy atom. The number of benzene rings is 1. The SMILES string of the molecule is C[C@H]1[C@H](C=Cc2ccc(-c3ccccc3C#N)cn2)[C@H]2NC(=O)N[C@H]2C[C@@H]1C. The molecule has 1 saturated carbocycles. The molecule has 1 saturated heterocycles. The van der Waals surface area contributed by atoms with Crippen LogP contribution in [0, 0.1) is 29.1 Å². The quantitative estimate of drug-likeness (QED) is 0.855. The molecule has 0 bridgehead atoms. The lowest BCUT2D eigenvalue weighted by molar-refractivity contribution is 0.165. The van der Waals surface area contributed by atoms with Gasteiger partial charge in [-0.15, -0.1) is 0 Å². The summed E-state index contributed by atoms with van der Waals surface area (Å²) in [4.78, 5) is 16.3. The predicted molar refractivity (Wildman–Crippen MR) is 109 cm³/mol. The Bertz CT molecular complexity index is 944. The van der Waals surface area contributed by atoms with Gasteiger partial charge in [0.2, 0.25) is 0 Å². The van der Waals surface area contributed by atoms with Gasteiger partial charge in [0.25, 0.3) is 0 Å². The van der Waals surface area contributed by atoms with E-state index in [9.17, 15) is 10.1 Å². The van der Waals surface area contributed by atoms with Gasteiger partial charge in [0.1, 0.15) is 0 Å². The van der Waals surface area contributed by atoms with Crippen LogP contribution in [0.4, 0.5) is 4.79 Å². The van der Waals surface area contributed by atoms with Gasteiger partial charge >= 0.3 is 6.03 Å². The van der Waals surface area contributed by atoms with Crippen molar-refractivity contribution in [1.82, 2.24) is 15.6 Å². The van der Waals surface area contributed by atoms with Crippen molar-refractivity contribution in [2.45, 2.75) is 32.4 Å². The van der Waals surface area contributed by atoms with Crippen molar-refractivity contribution in [1.29, 1.82) is 5.26 Å². The van der Waals surface area contributed by atoms with E-state index in [4.69, 9.17) is 0 Å². The minimum atomic E-state index is -0.0617. The van der Waals surface area contributed by atoms with E-state index in [0.29, 0.717) is 17.4 Å². The Balaban J connectivity index is 1.54. The van der Waals surface area contributed by atoms with Crippen LogP contribution in [0.5, 0.6) is 0 Å². The highest BCUT2D eigenvalue weighted by molar-refractivity contribution is 5.77. The van der Waals surface area contributed by atoms with E-state index in [-0.39, 0.29) is 24.0 Å². The highest BCUT2D eigenvalue weighted by Crippen LogP contribution is 2.37. The number of pyridine rings is 1. The molecule has 5 nitrogen and oxygen atoms in total. The molecule has 1 aromatic carbocycles. The largest absolute Gasteiger partial charge is 0.333 e. The summed E-state index contributed by atoms with van der Waals surface area (Å²) in [5.41, 5.74) is 3.34. The zero-order valence-electron chi connectivity index (χ0n) is 16.1. The summed E-state index contributed by atoms with van der Waals surface area (Å²) in [5, 5.41) is 15.4. The molecule has 2 fully saturated rings. The average Bonchev–Trinajstić information content (AvgIpc) is 3.08. The van der Waals surface area contributed by atoms with Gasteiger partial charge in [-0.05, 0) is 36.5 Å². The van der Waals surface area contributed by atoms with Crippen molar-refractivity contribution >= 4 is 12.1 Å². The van der Waals surface area contributed by atoms with Crippen molar-refractivity contribution in [2.75, 3.05) is 0 Å². The van der Waals surface area contributed by atoms with Crippen LogP contribution in [0.3, 0.4) is 0 Å². The maximum atomic E-state index is 11.8. The molecule has 0 unspecified atom stereocenters. The molecular weight excluding hydrogens is 348 g/mol. The van der Waals surface area contributed by atoms with Crippen molar-refractivity contribution in [2.24, 2.45) is 17.8 Å². The Morgan fingerprint density at radius 3 is 2.75 bits per heavy atom. The minimum absolute atomic E-state index is 0.0617. The van der Waals surface area contributed by atoms with Crippen LogP contribution in [-0.4, -0.2) is 23.1 Å². The molecule has 5 atom stereocenters. The lowest BCUT2D eigenvalue weighted by Gasteiger charge is -2.40. The standard InChI is InChI=1S/C23H24N4O/c1-14-11-21-22(27-23(28)26-21)19(15(14)2)10-9-18-8-7-17(13-25-18)20-6-4-3-5-16(20)12-24/h3-10,13-15,19,21-22H,11H2,1-2H3,(H2,26,27,28)/t14-,15+,19-,21-,22+/m0/s1.